The van der Waals surface area contributed by atoms with E-state index in [1.165, 1.54) is 0 Å². The first kappa shape index (κ1) is 18.2. The molecule has 0 spiro atoms. The van der Waals surface area contributed by atoms with Crippen LogP contribution in [0.2, 0.25) is 0 Å². The highest BCUT2D eigenvalue weighted by molar-refractivity contribution is 5.85. The largest absolute Gasteiger partial charge is 0.352 e. The number of amides is 2. The molecular weight excluding hydrogens is 280 g/mol. The van der Waals surface area contributed by atoms with E-state index in [0.29, 0.717) is 19.4 Å². The molecule has 0 aliphatic carbocycles. The third-order valence-electron chi connectivity index (χ3n) is 3.77. The lowest BCUT2D eigenvalue weighted by Crippen LogP contribution is -2.42. The smallest absolute Gasteiger partial charge is 0.239 e. The minimum absolute atomic E-state index is 0.00376. The number of aryl methyl sites for hydroxylation is 2. The number of carbonyl (C=O) groups excluding carboxylic acids is 2. The first-order chi connectivity index (χ1) is 10.3. The van der Waals surface area contributed by atoms with Crippen LogP contribution in [0.15, 0.2) is 0 Å². The fourth-order valence-corrected chi connectivity index (χ4v) is 2.49. The molecule has 22 heavy (non-hydrogen) atoms. The molecule has 1 aromatic rings. The van der Waals surface area contributed by atoms with Crippen LogP contribution >= 0.6 is 0 Å². The molecule has 0 fully saturated rings. The van der Waals surface area contributed by atoms with Crippen molar-refractivity contribution in [3.63, 3.8) is 0 Å². The van der Waals surface area contributed by atoms with Gasteiger partial charge < -0.3 is 10.2 Å². The van der Waals surface area contributed by atoms with E-state index in [2.05, 4.69) is 10.4 Å². The van der Waals surface area contributed by atoms with Crippen LogP contribution in [0.4, 0.5) is 0 Å². The zero-order valence-corrected chi connectivity index (χ0v) is 14.6. The van der Waals surface area contributed by atoms with E-state index >= 15 is 0 Å². The van der Waals surface area contributed by atoms with Crippen molar-refractivity contribution < 1.29 is 9.59 Å². The van der Waals surface area contributed by atoms with Crippen molar-refractivity contribution in [3.8, 4) is 0 Å². The molecule has 1 aromatic heterocycles. The molecule has 6 heteroatoms. The second-order valence-electron chi connectivity index (χ2n) is 5.90. The van der Waals surface area contributed by atoms with E-state index in [0.717, 1.165) is 17.0 Å². The number of nitrogens with zero attached hydrogens (tertiary/aromatic N) is 3. The van der Waals surface area contributed by atoms with Gasteiger partial charge >= 0.3 is 0 Å². The first-order valence-corrected chi connectivity index (χ1v) is 7.82. The number of rotatable bonds is 7. The standard InChI is InChI=1S/C16H28N4O2/c1-7-20(10-15(21)17-11(2)3)16(22)9-8-14-12(4)18-19(6)13(14)5/h11H,7-10H2,1-6H3,(H,17,21). The van der Waals surface area contributed by atoms with Crippen molar-refractivity contribution in [2.45, 2.75) is 53.5 Å². The molecule has 0 aromatic carbocycles. The molecule has 0 aliphatic heterocycles. The summed E-state index contributed by atoms with van der Waals surface area (Å²) in [7, 11) is 1.91. The number of aromatic nitrogens is 2. The van der Waals surface area contributed by atoms with E-state index in [9.17, 15) is 9.59 Å². The molecule has 1 rings (SSSR count). The highest BCUT2D eigenvalue weighted by Gasteiger charge is 2.17. The van der Waals surface area contributed by atoms with Gasteiger partial charge in [0.15, 0.2) is 0 Å². The number of nitrogens with one attached hydrogen (secondary N) is 1. The van der Waals surface area contributed by atoms with Gasteiger partial charge in [-0.1, -0.05) is 0 Å². The molecule has 0 saturated carbocycles. The maximum atomic E-state index is 12.3. The van der Waals surface area contributed by atoms with Gasteiger partial charge in [-0.15, -0.1) is 0 Å². The Morgan fingerprint density at radius 3 is 2.41 bits per heavy atom. The van der Waals surface area contributed by atoms with E-state index < -0.39 is 0 Å². The van der Waals surface area contributed by atoms with Crippen molar-refractivity contribution in [2.75, 3.05) is 13.1 Å². The Kier molecular flexibility index (Phi) is 6.59. The molecular formula is C16H28N4O2. The Balaban J connectivity index is 2.60. The van der Waals surface area contributed by atoms with Crippen molar-refractivity contribution in [1.82, 2.24) is 20.0 Å². The fraction of sp³-hybridized carbons (Fsp3) is 0.688. The van der Waals surface area contributed by atoms with Crippen LogP contribution in [-0.2, 0) is 23.1 Å². The van der Waals surface area contributed by atoms with E-state index in [-0.39, 0.29) is 24.4 Å². The van der Waals surface area contributed by atoms with Gasteiger partial charge in [-0.3, -0.25) is 14.3 Å². The van der Waals surface area contributed by atoms with Crippen molar-refractivity contribution in [2.24, 2.45) is 7.05 Å². The van der Waals surface area contributed by atoms with Crippen LogP contribution < -0.4 is 5.32 Å². The van der Waals surface area contributed by atoms with Crippen LogP contribution in [0, 0.1) is 13.8 Å². The molecule has 0 unspecified atom stereocenters. The zero-order chi connectivity index (χ0) is 16.9. The van der Waals surface area contributed by atoms with Crippen molar-refractivity contribution in [3.05, 3.63) is 17.0 Å². The summed E-state index contributed by atoms with van der Waals surface area (Å²) in [5, 5.41) is 7.17. The molecule has 0 bridgehead atoms. The average Bonchev–Trinajstić information content (AvgIpc) is 2.66. The molecule has 0 atom stereocenters. The van der Waals surface area contributed by atoms with Gasteiger partial charge in [-0.05, 0) is 46.6 Å². The SMILES string of the molecule is CCN(CC(=O)NC(C)C)C(=O)CCc1c(C)nn(C)c1C. The minimum Gasteiger partial charge on any atom is -0.352 e. The molecule has 1 heterocycles. The normalized spacial score (nSPS) is 10.9. The second kappa shape index (κ2) is 7.96. The molecule has 124 valence electrons. The summed E-state index contributed by atoms with van der Waals surface area (Å²) >= 11 is 0. The fourth-order valence-electron chi connectivity index (χ4n) is 2.49. The summed E-state index contributed by atoms with van der Waals surface area (Å²) in [6.07, 6.45) is 1.06. The van der Waals surface area contributed by atoms with Gasteiger partial charge in [-0.25, -0.2) is 0 Å². The zero-order valence-electron chi connectivity index (χ0n) is 14.6. The van der Waals surface area contributed by atoms with E-state index in [1.807, 2.05) is 46.3 Å². The van der Waals surface area contributed by atoms with E-state index in [1.54, 1.807) is 4.90 Å². The lowest BCUT2D eigenvalue weighted by molar-refractivity contribution is -0.136. The third-order valence-corrected chi connectivity index (χ3v) is 3.77. The number of carbonyl (C=O) groups is 2. The summed E-state index contributed by atoms with van der Waals surface area (Å²) in [5.41, 5.74) is 3.18. The number of hydrogen-bond acceptors (Lipinski definition) is 3. The maximum absolute atomic E-state index is 12.3. The molecule has 0 saturated heterocycles. The molecule has 0 aliphatic rings. The molecule has 2 amide bonds. The Hall–Kier alpha value is -1.85. The lowest BCUT2D eigenvalue weighted by Gasteiger charge is -2.21. The van der Waals surface area contributed by atoms with Crippen LogP contribution in [0.25, 0.3) is 0 Å². The van der Waals surface area contributed by atoms with Gasteiger partial charge in [0.1, 0.15) is 0 Å². The quantitative estimate of drug-likeness (QED) is 0.826. The number of likely N-dealkylation sites (N-methyl/N-ethyl adjacent to an activating group) is 1. The van der Waals surface area contributed by atoms with Crippen molar-refractivity contribution >= 4 is 11.8 Å². The Morgan fingerprint density at radius 2 is 1.95 bits per heavy atom. The van der Waals surface area contributed by atoms with Gasteiger partial charge in [0, 0.05) is 31.7 Å². The topological polar surface area (TPSA) is 67.2 Å². The van der Waals surface area contributed by atoms with E-state index in [4.69, 9.17) is 0 Å². The summed E-state index contributed by atoms with van der Waals surface area (Å²) < 4.78 is 1.84. The molecule has 6 nitrogen and oxygen atoms in total. The minimum atomic E-state index is -0.112. The summed E-state index contributed by atoms with van der Waals surface area (Å²) in [4.78, 5) is 25.7. The summed E-state index contributed by atoms with van der Waals surface area (Å²) in [6, 6.07) is 0.0852. The van der Waals surface area contributed by atoms with Crippen molar-refractivity contribution in [1.29, 1.82) is 0 Å². The van der Waals surface area contributed by atoms with Crippen LogP contribution in [0.1, 0.15) is 44.1 Å². The first-order valence-electron chi connectivity index (χ1n) is 7.82. The Morgan fingerprint density at radius 1 is 1.32 bits per heavy atom. The Labute approximate surface area is 132 Å². The summed E-state index contributed by atoms with van der Waals surface area (Å²) in [6.45, 7) is 10.3. The highest BCUT2D eigenvalue weighted by Crippen LogP contribution is 2.14. The van der Waals surface area contributed by atoms with Gasteiger partial charge in [0.05, 0.1) is 12.2 Å². The monoisotopic (exact) mass is 308 g/mol. The van der Waals surface area contributed by atoms with Gasteiger partial charge in [-0.2, -0.15) is 5.10 Å². The summed E-state index contributed by atoms with van der Waals surface area (Å²) in [5.74, 6) is -0.108. The Bertz CT molecular complexity index is 534. The maximum Gasteiger partial charge on any atom is 0.239 e. The molecule has 0 radical (unpaired) electrons. The lowest BCUT2D eigenvalue weighted by atomic mass is 10.1. The average molecular weight is 308 g/mol. The highest BCUT2D eigenvalue weighted by atomic mass is 16.2. The van der Waals surface area contributed by atoms with Crippen LogP contribution in [0.3, 0.4) is 0 Å². The van der Waals surface area contributed by atoms with Crippen LogP contribution in [0.5, 0.6) is 0 Å². The van der Waals surface area contributed by atoms with Gasteiger partial charge in [0.25, 0.3) is 0 Å². The molecule has 1 N–H and O–H groups in total. The third kappa shape index (κ3) is 4.86. The second-order valence-corrected chi connectivity index (χ2v) is 5.90. The van der Waals surface area contributed by atoms with Gasteiger partial charge in [0.2, 0.25) is 11.8 Å². The predicted octanol–water partition coefficient (Wildman–Crippen LogP) is 1.34. The predicted molar refractivity (Wildman–Crippen MR) is 86.5 cm³/mol. The number of hydrogen-bond donors (Lipinski definition) is 1. The van der Waals surface area contributed by atoms with Crippen LogP contribution in [-0.4, -0.2) is 45.6 Å².